The topological polar surface area (TPSA) is 104 Å². The first-order valence-electron chi connectivity index (χ1n) is 9.33. The lowest BCUT2D eigenvalue weighted by atomic mass is 9.98. The number of H-pyrrole nitrogens is 2. The van der Waals surface area contributed by atoms with Crippen LogP contribution in [0.4, 0.5) is 10.1 Å². The third-order valence-electron chi connectivity index (χ3n) is 5.27. The van der Waals surface area contributed by atoms with Crippen molar-refractivity contribution in [3.8, 4) is 5.95 Å². The van der Waals surface area contributed by atoms with E-state index in [1.807, 2.05) is 24.3 Å². The van der Waals surface area contributed by atoms with Gasteiger partial charge in [0.1, 0.15) is 5.82 Å². The fourth-order valence-corrected chi connectivity index (χ4v) is 3.91. The number of hydrogen-bond donors (Lipinski definition) is 2. The number of rotatable bonds is 3. The van der Waals surface area contributed by atoms with E-state index in [0.717, 1.165) is 16.5 Å². The second-order valence-corrected chi connectivity index (χ2v) is 7.17. The van der Waals surface area contributed by atoms with Crippen molar-refractivity contribution in [2.24, 2.45) is 0 Å². The molecule has 1 saturated heterocycles. The molecule has 9 heteroatoms. The molecule has 4 aromatic rings. The summed E-state index contributed by atoms with van der Waals surface area (Å²) in [5.74, 6) is -2.25. The minimum atomic E-state index is -0.949. The highest BCUT2D eigenvalue weighted by atomic mass is 19.1. The van der Waals surface area contributed by atoms with Crippen molar-refractivity contribution in [3.05, 3.63) is 76.0 Å². The molecule has 0 spiro atoms. The van der Waals surface area contributed by atoms with Crippen LogP contribution in [-0.4, -0.2) is 31.6 Å². The Balaban J connectivity index is 1.56. The molecule has 2 amide bonds. The van der Waals surface area contributed by atoms with Crippen molar-refractivity contribution in [3.63, 3.8) is 0 Å². The van der Waals surface area contributed by atoms with Crippen LogP contribution >= 0.6 is 0 Å². The maximum Gasteiger partial charge on any atom is 0.278 e. The second-order valence-electron chi connectivity index (χ2n) is 7.17. The second kappa shape index (κ2) is 6.51. The van der Waals surface area contributed by atoms with Crippen LogP contribution in [0.5, 0.6) is 0 Å². The predicted octanol–water partition coefficient (Wildman–Crippen LogP) is 2.54. The number of aromatic amines is 2. The largest absolute Gasteiger partial charge is 0.322 e. The van der Waals surface area contributed by atoms with Gasteiger partial charge in [0.05, 0.1) is 28.2 Å². The Kier molecular flexibility index (Phi) is 3.92. The van der Waals surface area contributed by atoms with Crippen molar-refractivity contribution in [1.29, 1.82) is 0 Å². The molecule has 0 saturated carbocycles. The summed E-state index contributed by atoms with van der Waals surface area (Å²) in [7, 11) is 0. The third kappa shape index (κ3) is 2.66. The molecule has 1 atom stereocenters. The van der Waals surface area contributed by atoms with Gasteiger partial charge in [0.25, 0.3) is 5.56 Å². The van der Waals surface area contributed by atoms with Gasteiger partial charge in [-0.25, -0.2) is 14.3 Å². The lowest BCUT2D eigenvalue weighted by Gasteiger charge is -2.14. The van der Waals surface area contributed by atoms with E-state index in [0.29, 0.717) is 11.2 Å². The maximum absolute atomic E-state index is 13.6. The average Bonchev–Trinajstić information content (AvgIpc) is 3.35. The van der Waals surface area contributed by atoms with Crippen LogP contribution in [0.1, 0.15) is 23.6 Å². The molecular formula is C21H16FN5O3. The maximum atomic E-state index is 13.6. The van der Waals surface area contributed by atoms with Crippen molar-refractivity contribution in [2.75, 3.05) is 4.90 Å². The standard InChI is InChI=1S/C21H16FN5O3/c1-11-18(14-10-17(28)26(19(14)29)13-6-4-5-12(22)9-13)20(30)27(25-11)21-23-15-7-2-3-8-16(15)24-21/h2-9,14,25H,10H2,1H3,(H,23,24). The lowest BCUT2D eigenvalue weighted by Crippen LogP contribution is -2.31. The summed E-state index contributed by atoms with van der Waals surface area (Å²) in [6, 6.07) is 12.6. The van der Waals surface area contributed by atoms with Gasteiger partial charge in [-0.3, -0.25) is 19.5 Å². The first kappa shape index (κ1) is 18.0. The van der Waals surface area contributed by atoms with Crippen LogP contribution in [0.15, 0.2) is 53.3 Å². The van der Waals surface area contributed by atoms with Crippen molar-refractivity contribution in [2.45, 2.75) is 19.3 Å². The number of hydrogen-bond acceptors (Lipinski definition) is 4. The number of aryl methyl sites for hydroxylation is 1. The predicted molar refractivity (Wildman–Crippen MR) is 107 cm³/mol. The summed E-state index contributed by atoms with van der Waals surface area (Å²) in [6.45, 7) is 1.67. The van der Waals surface area contributed by atoms with Gasteiger partial charge in [-0.1, -0.05) is 18.2 Å². The summed E-state index contributed by atoms with van der Waals surface area (Å²) in [5, 5.41) is 2.93. The molecule has 0 bridgehead atoms. The van der Waals surface area contributed by atoms with Crippen LogP contribution in [0.25, 0.3) is 17.0 Å². The fraction of sp³-hybridized carbons (Fsp3) is 0.143. The number of benzene rings is 2. The van der Waals surface area contributed by atoms with E-state index in [2.05, 4.69) is 15.1 Å². The van der Waals surface area contributed by atoms with Crippen LogP contribution in [-0.2, 0) is 9.59 Å². The fourth-order valence-electron chi connectivity index (χ4n) is 3.91. The number of nitrogens with zero attached hydrogens (tertiary/aromatic N) is 3. The average molecular weight is 405 g/mol. The van der Waals surface area contributed by atoms with E-state index in [9.17, 15) is 18.8 Å². The zero-order valence-electron chi connectivity index (χ0n) is 15.8. The molecular weight excluding hydrogens is 389 g/mol. The van der Waals surface area contributed by atoms with E-state index in [1.54, 1.807) is 6.92 Å². The van der Waals surface area contributed by atoms with Crippen molar-refractivity contribution < 1.29 is 14.0 Å². The van der Waals surface area contributed by atoms with E-state index in [1.165, 1.54) is 22.9 Å². The number of fused-ring (bicyclic) bond motifs is 1. The molecule has 0 aliphatic carbocycles. The molecule has 2 aromatic carbocycles. The summed E-state index contributed by atoms with van der Waals surface area (Å²) in [6.07, 6.45) is -0.163. The molecule has 2 N–H and O–H groups in total. The molecule has 5 rings (SSSR count). The molecule has 30 heavy (non-hydrogen) atoms. The zero-order chi connectivity index (χ0) is 21.0. The number of imide groups is 1. The molecule has 1 aliphatic rings. The van der Waals surface area contributed by atoms with Gasteiger partial charge in [-0.05, 0) is 37.3 Å². The van der Waals surface area contributed by atoms with Crippen LogP contribution < -0.4 is 10.5 Å². The van der Waals surface area contributed by atoms with Gasteiger partial charge < -0.3 is 4.98 Å². The van der Waals surface area contributed by atoms with Gasteiger partial charge in [0.2, 0.25) is 17.8 Å². The molecule has 150 valence electrons. The van der Waals surface area contributed by atoms with Gasteiger partial charge in [-0.2, -0.15) is 4.68 Å². The number of carbonyl (C=O) groups excluding carboxylic acids is 2. The smallest absolute Gasteiger partial charge is 0.278 e. The quantitative estimate of drug-likeness (QED) is 0.511. The van der Waals surface area contributed by atoms with Gasteiger partial charge in [-0.15, -0.1) is 0 Å². The minimum Gasteiger partial charge on any atom is -0.322 e. The van der Waals surface area contributed by atoms with E-state index >= 15 is 0 Å². The number of nitrogens with one attached hydrogen (secondary N) is 2. The molecule has 0 radical (unpaired) electrons. The normalized spacial score (nSPS) is 16.7. The molecule has 1 aliphatic heterocycles. The Hall–Kier alpha value is -4.01. The summed E-state index contributed by atoms with van der Waals surface area (Å²) >= 11 is 0. The molecule has 1 unspecified atom stereocenters. The highest BCUT2D eigenvalue weighted by molar-refractivity contribution is 6.22. The third-order valence-corrected chi connectivity index (χ3v) is 5.27. The first-order valence-corrected chi connectivity index (χ1v) is 9.33. The van der Waals surface area contributed by atoms with Gasteiger partial charge >= 0.3 is 0 Å². The van der Waals surface area contributed by atoms with Crippen LogP contribution in [0.3, 0.4) is 0 Å². The number of amides is 2. The number of halogens is 1. The highest BCUT2D eigenvalue weighted by Gasteiger charge is 2.43. The Morgan fingerprint density at radius 2 is 1.90 bits per heavy atom. The Morgan fingerprint density at radius 3 is 2.67 bits per heavy atom. The number of para-hydroxylation sites is 2. The van der Waals surface area contributed by atoms with E-state index < -0.39 is 29.1 Å². The minimum absolute atomic E-state index is 0.151. The number of imidazole rings is 1. The molecule has 1 fully saturated rings. The summed E-state index contributed by atoms with van der Waals surface area (Å²) in [4.78, 5) is 47.1. The molecule has 8 nitrogen and oxygen atoms in total. The van der Waals surface area contributed by atoms with Crippen LogP contribution in [0, 0.1) is 12.7 Å². The summed E-state index contributed by atoms with van der Waals surface area (Å²) in [5.41, 5.74) is 1.81. The number of aromatic nitrogens is 4. The van der Waals surface area contributed by atoms with Crippen LogP contribution in [0.2, 0.25) is 0 Å². The van der Waals surface area contributed by atoms with Gasteiger partial charge in [0.15, 0.2) is 0 Å². The molecule has 3 heterocycles. The van der Waals surface area contributed by atoms with Gasteiger partial charge in [0, 0.05) is 12.1 Å². The monoisotopic (exact) mass is 405 g/mol. The van der Waals surface area contributed by atoms with E-state index in [-0.39, 0.29) is 23.6 Å². The summed E-state index contributed by atoms with van der Waals surface area (Å²) < 4.78 is 14.8. The lowest BCUT2D eigenvalue weighted by molar-refractivity contribution is -0.121. The Labute approximate surface area is 168 Å². The van der Waals surface area contributed by atoms with E-state index in [4.69, 9.17) is 0 Å². The number of anilines is 1. The molecule has 2 aromatic heterocycles. The zero-order valence-corrected chi connectivity index (χ0v) is 15.8. The SMILES string of the molecule is Cc1[nH]n(-c2nc3ccccc3[nH]2)c(=O)c1C1CC(=O)N(c2cccc(F)c2)C1=O. The Bertz CT molecular complexity index is 1350. The number of carbonyl (C=O) groups is 2. The Morgan fingerprint density at radius 1 is 1.10 bits per heavy atom. The highest BCUT2D eigenvalue weighted by Crippen LogP contribution is 2.33. The van der Waals surface area contributed by atoms with Crippen molar-refractivity contribution >= 4 is 28.5 Å². The first-order chi connectivity index (χ1) is 14.4. The van der Waals surface area contributed by atoms with Crippen molar-refractivity contribution in [1.82, 2.24) is 19.7 Å².